The summed E-state index contributed by atoms with van der Waals surface area (Å²) in [5.74, 6) is 1.12. The molecule has 4 aliphatic carbocycles. The van der Waals surface area contributed by atoms with Crippen molar-refractivity contribution in [1.82, 2.24) is 0 Å². The van der Waals surface area contributed by atoms with Gasteiger partial charge in [-0.1, -0.05) is 32.4 Å². The van der Waals surface area contributed by atoms with Crippen LogP contribution in [0.2, 0.25) is 0 Å². The van der Waals surface area contributed by atoms with Crippen LogP contribution in [0, 0.1) is 40.4 Å². The summed E-state index contributed by atoms with van der Waals surface area (Å²) in [6.45, 7) is 7.63. The zero-order chi connectivity index (χ0) is 22.5. The van der Waals surface area contributed by atoms with Crippen molar-refractivity contribution in [3.05, 3.63) is 11.6 Å². The van der Waals surface area contributed by atoms with Gasteiger partial charge in [0.15, 0.2) is 5.79 Å². The second kappa shape index (κ2) is 7.04. The van der Waals surface area contributed by atoms with Crippen LogP contribution in [0.1, 0.15) is 78.6 Å². The number of allylic oxidation sites excluding steroid dienone is 1. The van der Waals surface area contributed by atoms with Gasteiger partial charge >= 0.3 is 0 Å². The predicted molar refractivity (Wildman–Crippen MR) is 121 cm³/mol. The first-order valence-corrected chi connectivity index (χ1v) is 13.2. The van der Waals surface area contributed by atoms with Gasteiger partial charge in [0.1, 0.15) is 5.60 Å². The van der Waals surface area contributed by atoms with E-state index in [4.69, 9.17) is 9.47 Å². The van der Waals surface area contributed by atoms with Crippen LogP contribution in [0.3, 0.4) is 0 Å². The minimum Gasteiger partial charge on any atom is -0.396 e. The summed E-state index contributed by atoms with van der Waals surface area (Å²) in [5, 5.41) is 32.2. The predicted octanol–water partition coefficient (Wildman–Crippen LogP) is 3.80. The second-order valence-electron chi connectivity index (χ2n) is 12.7. The Morgan fingerprint density at radius 2 is 1.91 bits per heavy atom. The largest absolute Gasteiger partial charge is 0.396 e. The molecule has 5 nitrogen and oxygen atoms in total. The zero-order valence-corrected chi connectivity index (χ0v) is 20.1. The molecule has 0 bridgehead atoms. The number of hydrogen-bond donors (Lipinski definition) is 3. The molecule has 11 atom stereocenters. The van der Waals surface area contributed by atoms with E-state index in [0.717, 1.165) is 57.8 Å². The third-order valence-corrected chi connectivity index (χ3v) is 11.7. The highest BCUT2D eigenvalue weighted by Gasteiger charge is 2.76. The summed E-state index contributed by atoms with van der Waals surface area (Å²) in [4.78, 5) is 0. The molecule has 6 rings (SSSR count). The van der Waals surface area contributed by atoms with Gasteiger partial charge < -0.3 is 24.8 Å². The molecule has 2 unspecified atom stereocenters. The van der Waals surface area contributed by atoms with Gasteiger partial charge in [0.2, 0.25) is 0 Å². The van der Waals surface area contributed by atoms with Gasteiger partial charge in [0, 0.05) is 30.3 Å². The van der Waals surface area contributed by atoms with Crippen LogP contribution in [-0.4, -0.2) is 52.1 Å². The SMILES string of the molecule is C[C@@H]1[C@@]2(CCC(CO)CO2)O[C@H]2C[C@H]3[C@@H]4CC=C5CC(O)CC[C@]5(C)[C@H]4CC[C@]3(C)[C@]21O. The molecule has 180 valence electrons. The number of fused-ring (bicyclic) bond motifs is 7. The Hall–Kier alpha value is -0.460. The Bertz CT molecular complexity index is 802. The van der Waals surface area contributed by atoms with Crippen molar-refractivity contribution >= 4 is 0 Å². The Kier molecular flexibility index (Phi) is 4.84. The molecule has 32 heavy (non-hydrogen) atoms. The summed E-state index contributed by atoms with van der Waals surface area (Å²) in [6.07, 6.45) is 10.8. The van der Waals surface area contributed by atoms with Crippen LogP contribution < -0.4 is 0 Å². The molecule has 0 amide bonds. The van der Waals surface area contributed by atoms with Crippen molar-refractivity contribution in [1.29, 1.82) is 0 Å². The quantitative estimate of drug-likeness (QED) is 0.534. The Labute approximate surface area is 192 Å². The molecular weight excluding hydrogens is 404 g/mol. The summed E-state index contributed by atoms with van der Waals surface area (Å²) >= 11 is 0. The Morgan fingerprint density at radius 3 is 2.62 bits per heavy atom. The highest BCUT2D eigenvalue weighted by Crippen LogP contribution is 2.72. The van der Waals surface area contributed by atoms with Crippen molar-refractivity contribution in [2.45, 2.75) is 102 Å². The van der Waals surface area contributed by atoms with E-state index in [9.17, 15) is 15.3 Å². The van der Waals surface area contributed by atoms with E-state index >= 15 is 0 Å². The highest BCUT2D eigenvalue weighted by atomic mass is 16.7. The molecule has 2 saturated heterocycles. The molecule has 6 aliphatic rings. The Balaban J connectivity index is 1.30. The first kappa shape index (κ1) is 22.0. The fourth-order valence-corrected chi connectivity index (χ4v) is 9.66. The molecule has 0 aromatic rings. The topological polar surface area (TPSA) is 79.2 Å². The van der Waals surface area contributed by atoms with Crippen molar-refractivity contribution in [3.63, 3.8) is 0 Å². The molecule has 2 heterocycles. The normalized spacial score (nSPS) is 59.2. The molecule has 5 heteroatoms. The van der Waals surface area contributed by atoms with E-state index in [0.29, 0.717) is 24.4 Å². The smallest absolute Gasteiger partial charge is 0.174 e. The minimum absolute atomic E-state index is 0.0682. The average molecular weight is 447 g/mol. The molecule has 1 spiro atoms. The van der Waals surface area contributed by atoms with Gasteiger partial charge in [0.05, 0.1) is 18.8 Å². The summed E-state index contributed by atoms with van der Waals surface area (Å²) in [6, 6.07) is 0. The van der Waals surface area contributed by atoms with Crippen LogP contribution in [0.5, 0.6) is 0 Å². The van der Waals surface area contributed by atoms with E-state index in [1.54, 1.807) is 0 Å². The standard InChI is InChI=1S/C27H42O5/c1-16-26(11-6-17(14-28)15-31-26)32-23-13-22-20-5-4-18-12-19(29)7-9-24(18,2)21(20)8-10-25(22,3)27(16,23)30/h4,16-17,19-23,28-30H,5-15H2,1-3H3/t16-,17?,19?,20-,21+,22+,23+,24+,25+,26-,27-/m1/s1. The molecule has 3 N–H and O–H groups in total. The van der Waals surface area contributed by atoms with Crippen LogP contribution in [0.25, 0.3) is 0 Å². The summed E-state index contributed by atoms with van der Waals surface area (Å²) in [7, 11) is 0. The fraction of sp³-hybridized carbons (Fsp3) is 0.926. The van der Waals surface area contributed by atoms with Crippen molar-refractivity contribution in [2.24, 2.45) is 40.4 Å². The average Bonchev–Trinajstić information content (AvgIpc) is 3.13. The highest BCUT2D eigenvalue weighted by molar-refractivity contribution is 5.28. The fourth-order valence-electron chi connectivity index (χ4n) is 9.66. The molecule has 0 aromatic carbocycles. The van der Waals surface area contributed by atoms with Gasteiger partial charge in [-0.15, -0.1) is 0 Å². The second-order valence-corrected chi connectivity index (χ2v) is 12.7. The number of hydrogen-bond acceptors (Lipinski definition) is 5. The monoisotopic (exact) mass is 446 g/mol. The maximum Gasteiger partial charge on any atom is 0.174 e. The molecule has 0 aromatic heterocycles. The maximum atomic E-state index is 12.4. The number of aliphatic hydroxyl groups is 3. The molecule has 0 radical (unpaired) electrons. The summed E-state index contributed by atoms with van der Waals surface area (Å²) < 4.78 is 13.0. The van der Waals surface area contributed by atoms with E-state index in [-0.39, 0.29) is 41.5 Å². The molecule has 5 fully saturated rings. The first-order valence-electron chi connectivity index (χ1n) is 13.2. The maximum absolute atomic E-state index is 12.4. The third kappa shape index (κ3) is 2.58. The van der Waals surface area contributed by atoms with Crippen molar-refractivity contribution < 1.29 is 24.8 Å². The van der Waals surface area contributed by atoms with Crippen LogP contribution >= 0.6 is 0 Å². The van der Waals surface area contributed by atoms with Gasteiger partial charge in [-0.05, 0) is 74.5 Å². The van der Waals surface area contributed by atoms with E-state index < -0.39 is 11.4 Å². The van der Waals surface area contributed by atoms with E-state index in [2.05, 4.69) is 26.8 Å². The van der Waals surface area contributed by atoms with Gasteiger partial charge in [0.25, 0.3) is 0 Å². The lowest BCUT2D eigenvalue weighted by Gasteiger charge is -2.59. The van der Waals surface area contributed by atoms with Crippen LogP contribution in [0.4, 0.5) is 0 Å². The van der Waals surface area contributed by atoms with Crippen LogP contribution in [-0.2, 0) is 9.47 Å². The summed E-state index contributed by atoms with van der Waals surface area (Å²) in [5.41, 5.74) is 0.691. The van der Waals surface area contributed by atoms with E-state index in [1.807, 2.05) is 0 Å². The lowest BCUT2D eigenvalue weighted by atomic mass is 9.46. The van der Waals surface area contributed by atoms with Crippen LogP contribution in [0.15, 0.2) is 11.6 Å². The number of rotatable bonds is 1. The number of ether oxygens (including phenoxy) is 2. The molecular formula is C27H42O5. The minimum atomic E-state index is -0.859. The molecule has 2 aliphatic heterocycles. The first-order chi connectivity index (χ1) is 15.2. The zero-order valence-electron chi connectivity index (χ0n) is 20.1. The number of aliphatic hydroxyl groups excluding tert-OH is 2. The lowest BCUT2D eigenvalue weighted by molar-refractivity contribution is -0.277. The van der Waals surface area contributed by atoms with Gasteiger partial charge in [-0.3, -0.25) is 0 Å². The van der Waals surface area contributed by atoms with Crippen molar-refractivity contribution in [3.8, 4) is 0 Å². The lowest BCUT2D eigenvalue weighted by Crippen LogP contribution is -2.59. The Morgan fingerprint density at radius 1 is 1.09 bits per heavy atom. The van der Waals surface area contributed by atoms with E-state index in [1.165, 1.54) is 5.57 Å². The molecule has 3 saturated carbocycles. The van der Waals surface area contributed by atoms with Gasteiger partial charge in [-0.25, -0.2) is 0 Å². The van der Waals surface area contributed by atoms with Gasteiger partial charge in [-0.2, -0.15) is 0 Å². The third-order valence-electron chi connectivity index (χ3n) is 11.7. The van der Waals surface area contributed by atoms with Crippen molar-refractivity contribution in [2.75, 3.05) is 13.2 Å².